The lowest BCUT2D eigenvalue weighted by molar-refractivity contribution is -0.137. The minimum absolute atomic E-state index is 0.205. The highest BCUT2D eigenvalue weighted by atomic mass is 35.5. The summed E-state index contributed by atoms with van der Waals surface area (Å²) in [6, 6.07) is 17.8. The largest absolute Gasteiger partial charge is 0.593 e. The molecule has 0 aliphatic carbocycles. The predicted octanol–water partition coefficient (Wildman–Crippen LogP) is 6.06. The van der Waals surface area contributed by atoms with Crippen molar-refractivity contribution in [1.82, 2.24) is 9.21 Å². The van der Waals surface area contributed by atoms with Gasteiger partial charge in [0.25, 0.3) is 0 Å². The Morgan fingerprint density at radius 3 is 2.35 bits per heavy atom. The number of alkyl halides is 3. The van der Waals surface area contributed by atoms with Gasteiger partial charge in [0.1, 0.15) is 0 Å². The second-order valence-electron chi connectivity index (χ2n) is 8.33. The first-order valence-corrected chi connectivity index (χ1v) is 12.6. The van der Waals surface area contributed by atoms with Crippen LogP contribution in [0.5, 0.6) is 0 Å². The van der Waals surface area contributed by atoms with E-state index < -0.39 is 22.1 Å². The Kier molecular flexibility index (Phi) is 7.17. The fourth-order valence-electron chi connectivity index (χ4n) is 4.05. The molecule has 0 bridgehead atoms. The van der Waals surface area contributed by atoms with Gasteiger partial charge in [-0.2, -0.15) is 13.2 Å². The monoisotopic (exact) mass is 508 g/mol. The van der Waals surface area contributed by atoms with Crippen LogP contribution in [-0.4, -0.2) is 39.9 Å². The fraction of sp³-hybridized carbons (Fsp3) is 0.280. The summed E-state index contributed by atoms with van der Waals surface area (Å²) in [6.45, 7) is 3.93. The van der Waals surface area contributed by atoms with Crippen molar-refractivity contribution in [3.63, 3.8) is 0 Å². The summed E-state index contributed by atoms with van der Waals surface area (Å²) < 4.78 is 66.3. The van der Waals surface area contributed by atoms with Crippen LogP contribution >= 0.6 is 11.6 Å². The highest BCUT2D eigenvalue weighted by Gasteiger charge is 2.37. The van der Waals surface area contributed by atoms with Crippen molar-refractivity contribution in [2.45, 2.75) is 24.5 Å². The summed E-state index contributed by atoms with van der Waals surface area (Å²) in [5.41, 5.74) is 3.19. The second kappa shape index (κ2) is 9.79. The molecule has 1 atom stereocenters. The van der Waals surface area contributed by atoms with E-state index in [0.29, 0.717) is 30.7 Å². The first-order valence-electron chi connectivity index (χ1n) is 10.8. The molecule has 180 valence electrons. The molecule has 1 fully saturated rings. The van der Waals surface area contributed by atoms with Crippen LogP contribution in [0.3, 0.4) is 0 Å². The summed E-state index contributed by atoms with van der Waals surface area (Å²) in [6.07, 6.45) is -4.60. The van der Waals surface area contributed by atoms with Gasteiger partial charge in [0.2, 0.25) is 0 Å². The normalized spacial score (nSPS) is 17.5. The van der Waals surface area contributed by atoms with E-state index in [2.05, 4.69) is 4.90 Å². The van der Waals surface area contributed by atoms with Crippen molar-refractivity contribution >= 4 is 22.0 Å². The van der Waals surface area contributed by atoms with E-state index in [1.54, 1.807) is 0 Å². The first kappa shape index (κ1) is 24.9. The Morgan fingerprint density at radius 1 is 0.971 bits per heavy atom. The summed E-state index contributed by atoms with van der Waals surface area (Å²) >= 11 is 6.32. The molecule has 1 saturated heterocycles. The number of rotatable bonds is 5. The molecule has 3 aromatic rings. The zero-order valence-electron chi connectivity index (χ0n) is 18.5. The lowest BCUT2D eigenvalue weighted by atomic mass is 9.98. The van der Waals surface area contributed by atoms with Crippen LogP contribution in [0.15, 0.2) is 71.6 Å². The van der Waals surface area contributed by atoms with E-state index in [0.717, 1.165) is 34.4 Å². The molecule has 0 N–H and O–H groups in total. The van der Waals surface area contributed by atoms with Crippen LogP contribution < -0.4 is 0 Å². The number of halogens is 4. The van der Waals surface area contributed by atoms with Crippen LogP contribution in [0.2, 0.25) is 5.02 Å². The molecule has 0 radical (unpaired) electrons. The fourth-order valence-corrected chi connectivity index (χ4v) is 5.70. The predicted molar refractivity (Wildman–Crippen MR) is 127 cm³/mol. The molecule has 1 aliphatic rings. The SMILES string of the molecule is Cc1ccc(-c2ccccc2CN2CCN([S+](=O)([O-])c3cccc(C(F)(F)F)c3)CC2)cc1Cl. The highest BCUT2D eigenvalue weighted by molar-refractivity contribution is 7.95. The summed E-state index contributed by atoms with van der Waals surface area (Å²) in [5, 5.41) is 0.695. The van der Waals surface area contributed by atoms with Gasteiger partial charge in [-0.15, -0.1) is 4.31 Å². The van der Waals surface area contributed by atoms with E-state index >= 15 is 0 Å². The molecule has 0 aromatic heterocycles. The lowest BCUT2D eigenvalue weighted by Crippen LogP contribution is -2.50. The molecule has 1 heterocycles. The molecular weight excluding hydrogens is 485 g/mol. The average molecular weight is 509 g/mol. The van der Waals surface area contributed by atoms with Crippen molar-refractivity contribution < 1.29 is 21.9 Å². The van der Waals surface area contributed by atoms with Gasteiger partial charge in [-0.05, 0) is 47.4 Å². The topological polar surface area (TPSA) is 46.6 Å². The molecule has 1 aliphatic heterocycles. The molecule has 3 aromatic carbocycles. The van der Waals surface area contributed by atoms with Gasteiger partial charge in [0, 0.05) is 30.7 Å². The standard InChI is InChI=1S/C25H24ClF3N2O2S/c1-18-9-10-19(15-24(18)26)23-8-3-2-5-20(23)17-30-11-13-31(14-12-30)34(32,33)22-7-4-6-21(16-22)25(27,28)29/h2-10,15-16H,11-14,17H2,1H3. The van der Waals surface area contributed by atoms with E-state index in [1.165, 1.54) is 10.4 Å². The van der Waals surface area contributed by atoms with Gasteiger partial charge in [-0.3, -0.25) is 4.90 Å². The highest BCUT2D eigenvalue weighted by Crippen LogP contribution is 2.33. The third kappa shape index (κ3) is 5.37. The molecule has 0 saturated carbocycles. The smallest absolute Gasteiger partial charge is 0.416 e. The Balaban J connectivity index is 1.46. The molecule has 4 nitrogen and oxygen atoms in total. The minimum Gasteiger partial charge on any atom is -0.593 e. The molecule has 1 unspecified atom stereocenters. The van der Waals surface area contributed by atoms with E-state index in [1.807, 2.05) is 49.4 Å². The zero-order valence-corrected chi connectivity index (χ0v) is 20.1. The molecule has 9 heteroatoms. The summed E-state index contributed by atoms with van der Waals surface area (Å²) in [5.74, 6) is 0. The second-order valence-corrected chi connectivity index (χ2v) is 10.7. The van der Waals surface area contributed by atoms with Crippen LogP contribution in [-0.2, 0) is 27.3 Å². The Labute approximate surface area is 203 Å². The van der Waals surface area contributed by atoms with E-state index in [4.69, 9.17) is 11.6 Å². The number of sulfonamides is 1. The van der Waals surface area contributed by atoms with Crippen molar-refractivity contribution in [2.24, 2.45) is 0 Å². The number of aryl methyl sites for hydroxylation is 1. The Morgan fingerprint density at radius 2 is 1.68 bits per heavy atom. The van der Waals surface area contributed by atoms with Crippen molar-refractivity contribution in [3.05, 3.63) is 88.4 Å². The number of hydrogen-bond acceptors (Lipinski definition) is 3. The summed E-state index contributed by atoms with van der Waals surface area (Å²) in [4.78, 5) is 1.81. The third-order valence-electron chi connectivity index (χ3n) is 6.02. The van der Waals surface area contributed by atoms with Crippen LogP contribution in [0.4, 0.5) is 13.2 Å². The van der Waals surface area contributed by atoms with E-state index in [-0.39, 0.29) is 18.0 Å². The lowest BCUT2D eigenvalue weighted by Gasteiger charge is -2.36. The maximum Gasteiger partial charge on any atom is 0.416 e. The molecule has 34 heavy (non-hydrogen) atoms. The average Bonchev–Trinajstić information content (AvgIpc) is 2.81. The van der Waals surface area contributed by atoms with Gasteiger partial charge in [-0.25, -0.2) is 0 Å². The quantitative estimate of drug-likeness (QED) is 0.394. The summed E-state index contributed by atoms with van der Waals surface area (Å²) in [7, 11) is -4.01. The van der Waals surface area contributed by atoms with E-state index in [9.17, 15) is 21.9 Å². The molecule has 0 spiro atoms. The number of piperazine rings is 1. The first-order chi connectivity index (χ1) is 16.1. The van der Waals surface area contributed by atoms with Gasteiger partial charge >= 0.3 is 6.18 Å². The molecule has 0 amide bonds. The van der Waals surface area contributed by atoms with Gasteiger partial charge in [0.05, 0.1) is 18.7 Å². The van der Waals surface area contributed by atoms with Crippen molar-refractivity contribution in [1.29, 1.82) is 0 Å². The Bertz CT molecular complexity index is 1230. The van der Waals surface area contributed by atoms with Crippen LogP contribution in [0.25, 0.3) is 11.1 Å². The van der Waals surface area contributed by atoms with Gasteiger partial charge < -0.3 is 4.55 Å². The van der Waals surface area contributed by atoms with Crippen molar-refractivity contribution in [3.8, 4) is 11.1 Å². The van der Waals surface area contributed by atoms with Gasteiger partial charge in [-0.1, -0.05) is 58.3 Å². The molecule has 4 rings (SSSR count). The minimum atomic E-state index is -4.60. The van der Waals surface area contributed by atoms with Crippen LogP contribution in [0, 0.1) is 6.92 Å². The maximum atomic E-state index is 13.0. The Hall–Kier alpha value is -2.23. The van der Waals surface area contributed by atoms with Gasteiger partial charge in [0.15, 0.2) is 15.3 Å². The number of hydrogen-bond donors (Lipinski definition) is 0. The number of nitrogens with zero attached hydrogens (tertiary/aromatic N) is 2. The van der Waals surface area contributed by atoms with Crippen molar-refractivity contribution in [2.75, 3.05) is 26.2 Å². The number of benzene rings is 3. The third-order valence-corrected chi connectivity index (χ3v) is 8.33. The molecular formula is C25H24ClF3N2O2S. The maximum absolute atomic E-state index is 13.0. The van der Waals surface area contributed by atoms with Crippen LogP contribution in [0.1, 0.15) is 16.7 Å². The zero-order chi connectivity index (χ0) is 24.5.